The smallest absolute Gasteiger partial charge is 0.411 e. The number of carbonyl (C=O) groups excluding carboxylic acids is 2. The van der Waals surface area contributed by atoms with E-state index in [9.17, 15) is 9.59 Å². The van der Waals surface area contributed by atoms with Gasteiger partial charge >= 0.3 is 6.09 Å². The molecule has 0 bridgehead atoms. The molecule has 0 aromatic carbocycles. The molecule has 2 fully saturated rings. The first kappa shape index (κ1) is 21.9. The Hall–Kier alpha value is -1.38. The van der Waals surface area contributed by atoms with Gasteiger partial charge in [0.2, 0.25) is 5.91 Å². The average Bonchev–Trinajstić information content (AvgIpc) is 2.94. The van der Waals surface area contributed by atoms with Gasteiger partial charge in [-0.2, -0.15) is 0 Å². The van der Waals surface area contributed by atoms with E-state index in [4.69, 9.17) is 24.7 Å². The van der Waals surface area contributed by atoms with E-state index in [2.05, 4.69) is 6.92 Å². The maximum Gasteiger partial charge on any atom is 0.411 e. The minimum atomic E-state index is -0.799. The number of ether oxygens (including phenoxy) is 4. The quantitative estimate of drug-likeness (QED) is 0.673. The lowest BCUT2D eigenvalue weighted by molar-refractivity contribution is -0.170. The fourth-order valence-corrected chi connectivity index (χ4v) is 3.61. The number of fused-ring (bicyclic) bond motifs is 1. The van der Waals surface area contributed by atoms with E-state index < -0.39 is 47.7 Å². The lowest BCUT2D eigenvalue weighted by atomic mass is 10.1. The van der Waals surface area contributed by atoms with E-state index in [-0.39, 0.29) is 13.0 Å². The summed E-state index contributed by atoms with van der Waals surface area (Å²) in [5.41, 5.74) is 4.79. The molecular formula is C19H34N2O6. The number of unbranched alkanes of at least 4 members (excludes halogenated alkanes) is 1. The van der Waals surface area contributed by atoms with Crippen molar-refractivity contribution >= 4 is 12.0 Å². The van der Waals surface area contributed by atoms with Crippen molar-refractivity contribution in [3.8, 4) is 0 Å². The average molecular weight is 386 g/mol. The SMILES string of the molecule is CCCCOC[C@@H]1[C@H]2OC(C)(C)O[C@H]2C(CC(N)=O)N1C(=O)OC(C)(C)C. The Morgan fingerprint density at radius 3 is 2.26 bits per heavy atom. The Kier molecular flexibility index (Phi) is 6.76. The van der Waals surface area contributed by atoms with Crippen LogP contribution in [0.25, 0.3) is 0 Å². The number of amides is 2. The number of likely N-dealkylation sites (tertiary alicyclic amines) is 1. The third kappa shape index (κ3) is 5.56. The van der Waals surface area contributed by atoms with Crippen molar-refractivity contribution in [3.05, 3.63) is 0 Å². The molecular weight excluding hydrogens is 352 g/mol. The molecule has 0 aliphatic carbocycles. The van der Waals surface area contributed by atoms with Gasteiger partial charge < -0.3 is 24.7 Å². The highest BCUT2D eigenvalue weighted by Gasteiger charge is 2.60. The first-order chi connectivity index (χ1) is 12.4. The summed E-state index contributed by atoms with van der Waals surface area (Å²) in [5.74, 6) is -1.31. The van der Waals surface area contributed by atoms with Gasteiger partial charge in [0.25, 0.3) is 0 Å². The van der Waals surface area contributed by atoms with Crippen molar-refractivity contribution in [2.75, 3.05) is 13.2 Å². The number of primary amides is 1. The molecule has 0 spiro atoms. The van der Waals surface area contributed by atoms with Gasteiger partial charge in [0.15, 0.2) is 5.79 Å². The van der Waals surface area contributed by atoms with Crippen LogP contribution in [0.1, 0.15) is 60.8 Å². The Morgan fingerprint density at radius 2 is 1.74 bits per heavy atom. The van der Waals surface area contributed by atoms with Gasteiger partial charge in [-0.1, -0.05) is 13.3 Å². The minimum absolute atomic E-state index is 0.0225. The summed E-state index contributed by atoms with van der Waals surface area (Å²) >= 11 is 0. The number of hydrogen-bond acceptors (Lipinski definition) is 6. The van der Waals surface area contributed by atoms with Crippen molar-refractivity contribution in [2.24, 2.45) is 5.73 Å². The van der Waals surface area contributed by atoms with Crippen LogP contribution in [0, 0.1) is 0 Å². The highest BCUT2D eigenvalue weighted by Crippen LogP contribution is 2.42. The molecule has 4 atom stereocenters. The van der Waals surface area contributed by atoms with Gasteiger partial charge in [-0.25, -0.2) is 4.79 Å². The van der Waals surface area contributed by atoms with Crippen LogP contribution < -0.4 is 5.73 Å². The zero-order valence-electron chi connectivity index (χ0n) is 17.3. The fraction of sp³-hybridized carbons (Fsp3) is 0.895. The van der Waals surface area contributed by atoms with Gasteiger partial charge in [0.05, 0.1) is 18.7 Å². The highest BCUT2D eigenvalue weighted by molar-refractivity contribution is 5.77. The lowest BCUT2D eigenvalue weighted by Gasteiger charge is -2.35. The van der Waals surface area contributed by atoms with Gasteiger partial charge in [-0.05, 0) is 41.0 Å². The molecule has 156 valence electrons. The molecule has 2 aliphatic heterocycles. The molecule has 0 saturated carbocycles. The van der Waals surface area contributed by atoms with Crippen molar-refractivity contribution in [1.82, 2.24) is 4.90 Å². The first-order valence-corrected chi connectivity index (χ1v) is 9.68. The number of rotatable bonds is 7. The molecule has 2 amide bonds. The molecule has 2 N–H and O–H groups in total. The fourth-order valence-electron chi connectivity index (χ4n) is 3.61. The van der Waals surface area contributed by atoms with Crippen molar-refractivity contribution in [1.29, 1.82) is 0 Å². The van der Waals surface area contributed by atoms with Crippen LogP contribution in [-0.4, -0.2) is 65.8 Å². The van der Waals surface area contributed by atoms with Crippen LogP contribution in [0.2, 0.25) is 0 Å². The monoisotopic (exact) mass is 386 g/mol. The maximum atomic E-state index is 12.9. The van der Waals surface area contributed by atoms with Gasteiger partial charge in [0, 0.05) is 13.0 Å². The molecule has 2 saturated heterocycles. The van der Waals surface area contributed by atoms with Crippen molar-refractivity contribution in [3.63, 3.8) is 0 Å². The predicted molar refractivity (Wildman–Crippen MR) is 99.0 cm³/mol. The number of nitrogens with two attached hydrogens (primary N) is 1. The topological polar surface area (TPSA) is 100 Å². The van der Waals surface area contributed by atoms with Crippen LogP contribution in [-0.2, 0) is 23.7 Å². The molecule has 8 nitrogen and oxygen atoms in total. The number of carbonyl (C=O) groups is 2. The van der Waals surface area contributed by atoms with E-state index >= 15 is 0 Å². The van der Waals surface area contributed by atoms with E-state index in [1.807, 2.05) is 13.8 Å². The molecule has 2 rings (SSSR count). The molecule has 0 radical (unpaired) electrons. The van der Waals surface area contributed by atoms with Gasteiger partial charge in [-0.3, -0.25) is 9.69 Å². The molecule has 8 heteroatoms. The number of nitrogens with zero attached hydrogens (tertiary/aromatic N) is 1. The third-order valence-electron chi connectivity index (χ3n) is 4.58. The summed E-state index contributed by atoms with van der Waals surface area (Å²) < 4.78 is 23.5. The standard InChI is InChI=1S/C19H34N2O6/c1-7-8-9-24-11-13-16-15(25-19(5,6)26-16)12(10-14(20)22)21(13)17(23)27-18(2,3)4/h12-13,15-16H,7-11H2,1-6H3,(H2,20,22)/t12?,13-,15+,16-/m1/s1. The second kappa shape index (κ2) is 8.32. The zero-order valence-corrected chi connectivity index (χ0v) is 17.3. The second-order valence-electron chi connectivity index (χ2n) is 8.69. The van der Waals surface area contributed by atoms with Crippen molar-refractivity contribution < 1.29 is 28.5 Å². The minimum Gasteiger partial charge on any atom is -0.444 e. The van der Waals surface area contributed by atoms with Crippen molar-refractivity contribution in [2.45, 2.75) is 96.5 Å². The van der Waals surface area contributed by atoms with Crippen LogP contribution in [0.15, 0.2) is 0 Å². The zero-order chi connectivity index (χ0) is 20.4. The molecule has 0 aromatic heterocycles. The lowest BCUT2D eigenvalue weighted by Crippen LogP contribution is -2.50. The first-order valence-electron chi connectivity index (χ1n) is 9.68. The summed E-state index contributed by atoms with van der Waals surface area (Å²) in [7, 11) is 0. The molecule has 0 aromatic rings. The number of hydrogen-bond donors (Lipinski definition) is 1. The summed E-state index contributed by atoms with van der Waals surface area (Å²) in [6, 6.07) is -0.961. The highest BCUT2D eigenvalue weighted by atomic mass is 16.8. The van der Waals surface area contributed by atoms with E-state index in [1.54, 1.807) is 20.8 Å². The molecule has 27 heavy (non-hydrogen) atoms. The predicted octanol–water partition coefficient (Wildman–Crippen LogP) is 2.19. The summed E-state index contributed by atoms with van der Waals surface area (Å²) in [4.78, 5) is 26.1. The Labute approximate surface area is 161 Å². The van der Waals surface area contributed by atoms with Crippen LogP contribution in [0.3, 0.4) is 0 Å². The van der Waals surface area contributed by atoms with Crippen LogP contribution in [0.4, 0.5) is 4.79 Å². The van der Waals surface area contributed by atoms with Gasteiger partial charge in [0.1, 0.15) is 17.8 Å². The normalized spacial score (nSPS) is 29.6. The summed E-state index contributed by atoms with van der Waals surface area (Å²) in [5, 5.41) is 0. The second-order valence-corrected chi connectivity index (χ2v) is 8.69. The summed E-state index contributed by atoms with van der Waals surface area (Å²) in [6.45, 7) is 12.0. The van der Waals surface area contributed by atoms with E-state index in [0.717, 1.165) is 12.8 Å². The maximum absolute atomic E-state index is 12.9. The molecule has 2 heterocycles. The van der Waals surface area contributed by atoms with E-state index in [0.29, 0.717) is 6.61 Å². The molecule has 1 unspecified atom stereocenters. The summed E-state index contributed by atoms with van der Waals surface area (Å²) in [6.07, 6.45) is 0.547. The largest absolute Gasteiger partial charge is 0.444 e. The van der Waals surface area contributed by atoms with Gasteiger partial charge in [-0.15, -0.1) is 0 Å². The van der Waals surface area contributed by atoms with Crippen LogP contribution >= 0.6 is 0 Å². The third-order valence-corrected chi connectivity index (χ3v) is 4.58. The van der Waals surface area contributed by atoms with E-state index in [1.165, 1.54) is 4.90 Å². The Morgan fingerprint density at radius 1 is 1.15 bits per heavy atom. The Balaban J connectivity index is 2.27. The van der Waals surface area contributed by atoms with Crippen LogP contribution in [0.5, 0.6) is 0 Å². The Bertz CT molecular complexity index is 545. The molecule has 2 aliphatic rings.